The Kier molecular flexibility index (Phi) is 8.19. The van der Waals surface area contributed by atoms with Crippen LogP contribution in [0.4, 0.5) is 11.8 Å². The Bertz CT molecular complexity index is 2000. The van der Waals surface area contributed by atoms with Crippen molar-refractivity contribution in [2.24, 2.45) is 5.92 Å². The number of rotatable bonds is 7. The second kappa shape index (κ2) is 12.7. The van der Waals surface area contributed by atoms with Crippen LogP contribution in [-0.2, 0) is 21.3 Å². The first kappa shape index (κ1) is 31.6. The summed E-state index contributed by atoms with van der Waals surface area (Å²) in [4.78, 5) is 37.0. The second-order valence-corrected chi connectivity index (χ2v) is 15.2. The predicted octanol–water partition coefficient (Wildman–Crippen LogP) is 4.92. The molecule has 4 bridgehead atoms. The topological polar surface area (TPSA) is 140 Å². The number of carbonyl (C=O) groups excluding carboxylic acids is 1. The number of sulfonamides is 1. The van der Waals surface area contributed by atoms with Crippen molar-refractivity contribution in [2.45, 2.75) is 75.6 Å². The fourth-order valence-electron chi connectivity index (χ4n) is 7.13. The zero-order valence-electron chi connectivity index (χ0n) is 27.6. The van der Waals surface area contributed by atoms with E-state index in [9.17, 15) is 13.2 Å². The van der Waals surface area contributed by atoms with Gasteiger partial charge in [-0.3, -0.25) is 9.78 Å². The maximum Gasteiger partial charge on any atom is 0.264 e. The molecule has 0 radical (unpaired) electrons. The van der Waals surface area contributed by atoms with Crippen molar-refractivity contribution >= 4 is 27.7 Å². The van der Waals surface area contributed by atoms with Crippen LogP contribution in [0.15, 0.2) is 65.8 Å². The third-order valence-electron chi connectivity index (χ3n) is 10.0. The highest BCUT2D eigenvalue weighted by molar-refractivity contribution is 7.92. The highest BCUT2D eigenvalue weighted by atomic mass is 32.2. The van der Waals surface area contributed by atoms with E-state index in [-0.39, 0.29) is 54.1 Å². The van der Waals surface area contributed by atoms with Gasteiger partial charge in [0, 0.05) is 29.8 Å². The van der Waals surface area contributed by atoms with E-state index in [2.05, 4.69) is 24.6 Å². The standard InChI is InChI=1S/C36H39N7O5S/c1-22-5-3-6-23(2)34(22)30-16-33-40-36(39-30)41-49(45,46)29-8-4-7-25(15-29)35(44)43(27(21-48-33)20-47-28-10-11-28)19-26-17-37-18-32(38-26)42-14-13-24-9-12-31(24)42/h3-8,15-18,24,27-28,31H,9-14,19-21H2,1-2H3,(H,39,40,41)/t24-,27+,31-/m0/s1. The number of fused-ring (bicyclic) bond motifs is 5. The van der Waals surface area contributed by atoms with Crippen LogP contribution in [0.2, 0.25) is 0 Å². The first-order chi connectivity index (χ1) is 23.7. The third-order valence-corrected chi connectivity index (χ3v) is 11.4. The molecule has 2 aromatic heterocycles. The van der Waals surface area contributed by atoms with Crippen LogP contribution >= 0.6 is 0 Å². The number of hydrogen-bond donors (Lipinski definition) is 1. The van der Waals surface area contributed by atoms with Gasteiger partial charge in [0.25, 0.3) is 15.9 Å². The van der Waals surface area contributed by atoms with Gasteiger partial charge < -0.3 is 19.3 Å². The van der Waals surface area contributed by atoms with Gasteiger partial charge in [-0.2, -0.15) is 4.98 Å². The van der Waals surface area contributed by atoms with E-state index in [1.807, 2.05) is 32.0 Å². The number of aryl methyl sites for hydroxylation is 2. The Balaban J connectivity index is 1.20. The average Bonchev–Trinajstić information content (AvgIpc) is 3.85. The lowest BCUT2D eigenvalue weighted by molar-refractivity contribution is 0.0209. The van der Waals surface area contributed by atoms with Crippen molar-refractivity contribution in [3.05, 3.63) is 83.3 Å². The van der Waals surface area contributed by atoms with E-state index >= 15 is 0 Å². The average molecular weight is 682 g/mol. The van der Waals surface area contributed by atoms with Gasteiger partial charge in [0.1, 0.15) is 12.4 Å². The van der Waals surface area contributed by atoms with Crippen LogP contribution in [0.5, 0.6) is 5.88 Å². The molecule has 49 heavy (non-hydrogen) atoms. The normalized spacial score (nSPS) is 22.9. The summed E-state index contributed by atoms with van der Waals surface area (Å²) in [6.07, 6.45) is 9.11. The van der Waals surface area contributed by atoms with E-state index in [1.165, 1.54) is 18.6 Å². The Morgan fingerprint density at radius 2 is 1.78 bits per heavy atom. The second-order valence-electron chi connectivity index (χ2n) is 13.5. The molecule has 13 heteroatoms. The molecule has 3 fully saturated rings. The molecule has 0 unspecified atom stereocenters. The molecule has 254 valence electrons. The van der Waals surface area contributed by atoms with E-state index in [4.69, 9.17) is 14.5 Å². The maximum atomic E-state index is 14.5. The van der Waals surface area contributed by atoms with Crippen LogP contribution in [0.3, 0.4) is 0 Å². The van der Waals surface area contributed by atoms with Gasteiger partial charge in [-0.05, 0) is 81.2 Å². The summed E-state index contributed by atoms with van der Waals surface area (Å²) in [5.41, 5.74) is 4.16. The monoisotopic (exact) mass is 681 g/mol. The Labute approximate surface area is 286 Å². The number of nitrogens with zero attached hydrogens (tertiary/aromatic N) is 6. The van der Waals surface area contributed by atoms with E-state index in [1.54, 1.807) is 35.5 Å². The van der Waals surface area contributed by atoms with Crippen molar-refractivity contribution in [1.82, 2.24) is 24.8 Å². The number of hydrogen-bond acceptors (Lipinski definition) is 10. The van der Waals surface area contributed by atoms with Crippen molar-refractivity contribution in [3.63, 3.8) is 0 Å². The van der Waals surface area contributed by atoms with E-state index in [0.717, 1.165) is 54.7 Å². The molecule has 1 N–H and O–H groups in total. The quantitative estimate of drug-likeness (QED) is 0.286. The number of carbonyl (C=O) groups is 1. The Morgan fingerprint density at radius 3 is 2.53 bits per heavy atom. The van der Waals surface area contributed by atoms with Crippen molar-refractivity contribution in [1.29, 1.82) is 0 Å². The summed E-state index contributed by atoms with van der Waals surface area (Å²) < 4.78 is 42.5. The first-order valence-corrected chi connectivity index (χ1v) is 18.4. The van der Waals surface area contributed by atoms with Gasteiger partial charge in [-0.25, -0.2) is 23.1 Å². The van der Waals surface area contributed by atoms with Crippen molar-refractivity contribution in [3.8, 4) is 17.1 Å². The van der Waals surface area contributed by atoms with E-state index < -0.39 is 16.1 Å². The summed E-state index contributed by atoms with van der Waals surface area (Å²) in [5, 5.41) is 0. The summed E-state index contributed by atoms with van der Waals surface area (Å²) >= 11 is 0. The molecule has 3 atom stereocenters. The smallest absolute Gasteiger partial charge is 0.264 e. The van der Waals surface area contributed by atoms with Crippen LogP contribution in [0.25, 0.3) is 11.3 Å². The fraction of sp³-hybridized carbons (Fsp3) is 0.417. The molecule has 4 heterocycles. The van der Waals surface area contributed by atoms with Crippen molar-refractivity contribution < 1.29 is 22.7 Å². The maximum absolute atomic E-state index is 14.5. The number of nitrogens with one attached hydrogen (secondary N) is 1. The minimum absolute atomic E-state index is 0.0382. The molecular formula is C36H39N7O5S. The predicted molar refractivity (Wildman–Crippen MR) is 183 cm³/mol. The van der Waals surface area contributed by atoms with Gasteiger partial charge in [0.05, 0.1) is 54.0 Å². The number of aromatic nitrogens is 4. The molecule has 0 spiro atoms. The lowest BCUT2D eigenvalue weighted by Gasteiger charge is -2.36. The van der Waals surface area contributed by atoms with Gasteiger partial charge in [-0.1, -0.05) is 24.3 Å². The van der Waals surface area contributed by atoms with Crippen LogP contribution < -0.4 is 14.4 Å². The van der Waals surface area contributed by atoms with Crippen LogP contribution in [0, 0.1) is 19.8 Å². The summed E-state index contributed by atoms with van der Waals surface area (Å²) in [5.74, 6) is 1.20. The Hall–Kier alpha value is -4.62. The van der Waals surface area contributed by atoms with Crippen molar-refractivity contribution in [2.75, 3.05) is 29.4 Å². The largest absolute Gasteiger partial charge is 0.475 e. The number of anilines is 2. The molecule has 4 aliphatic rings. The number of benzene rings is 2. The number of ether oxygens (including phenoxy) is 2. The molecule has 1 amide bonds. The molecule has 2 aromatic carbocycles. The molecule has 2 aliphatic heterocycles. The molecule has 2 aliphatic carbocycles. The van der Waals surface area contributed by atoms with E-state index in [0.29, 0.717) is 23.3 Å². The molecule has 4 aromatic rings. The molecule has 1 saturated heterocycles. The fourth-order valence-corrected chi connectivity index (χ4v) is 8.12. The highest BCUT2D eigenvalue weighted by Crippen LogP contribution is 2.42. The molecule has 12 nitrogen and oxygen atoms in total. The molecular weight excluding hydrogens is 643 g/mol. The van der Waals surface area contributed by atoms with Gasteiger partial charge in [0.15, 0.2) is 0 Å². The number of amides is 1. The zero-order valence-corrected chi connectivity index (χ0v) is 28.4. The first-order valence-electron chi connectivity index (χ1n) is 16.9. The third kappa shape index (κ3) is 6.44. The Morgan fingerprint density at radius 1 is 0.959 bits per heavy atom. The lowest BCUT2D eigenvalue weighted by atomic mass is 9.80. The lowest BCUT2D eigenvalue weighted by Crippen LogP contribution is -2.46. The molecule has 8 rings (SSSR count). The van der Waals surface area contributed by atoms with Gasteiger partial charge in [-0.15, -0.1) is 0 Å². The minimum Gasteiger partial charge on any atom is -0.475 e. The zero-order chi connectivity index (χ0) is 33.7. The molecule has 2 saturated carbocycles. The van der Waals surface area contributed by atoms with Crippen LogP contribution in [0.1, 0.15) is 59.3 Å². The summed E-state index contributed by atoms with van der Waals surface area (Å²) in [6.45, 7) is 5.28. The summed E-state index contributed by atoms with van der Waals surface area (Å²) in [7, 11) is -4.18. The highest BCUT2D eigenvalue weighted by Gasteiger charge is 2.41. The van der Waals surface area contributed by atoms with Gasteiger partial charge >= 0.3 is 0 Å². The van der Waals surface area contributed by atoms with Gasteiger partial charge in [0.2, 0.25) is 11.8 Å². The van der Waals surface area contributed by atoms with Crippen LogP contribution in [-0.4, -0.2) is 77.1 Å². The summed E-state index contributed by atoms with van der Waals surface area (Å²) in [6, 6.07) is 13.6. The SMILES string of the molecule is Cc1cccc(C)c1-c1cc2nc(n1)NS(=O)(=O)c1cccc(c1)C(=O)N(Cc1cncc(N3CC[C@@H]4CC[C@@H]43)n1)[C@H](COC1CC1)CO2. The minimum atomic E-state index is -4.18.